The van der Waals surface area contributed by atoms with Crippen molar-refractivity contribution in [3.05, 3.63) is 39.9 Å². The number of ketones is 1. The van der Waals surface area contributed by atoms with E-state index in [-0.39, 0.29) is 11.5 Å². The lowest BCUT2D eigenvalue weighted by molar-refractivity contribution is 0.0591. The number of para-hydroxylation sites is 1. The smallest absolute Gasteiger partial charge is 0.358 e. The van der Waals surface area contributed by atoms with Gasteiger partial charge >= 0.3 is 5.97 Å². The summed E-state index contributed by atoms with van der Waals surface area (Å²) in [6.45, 7) is 5.37. The SMILES string of the molecule is COC(=O)c1nc(Nc2c(C)cccc2C)sc1C(C)=O. The number of carbonyl (C=O) groups excluding carboxylic acids is 2. The van der Waals surface area contributed by atoms with Gasteiger partial charge in [0.25, 0.3) is 0 Å². The van der Waals surface area contributed by atoms with Crippen molar-refractivity contribution < 1.29 is 14.3 Å². The topological polar surface area (TPSA) is 68.3 Å². The maximum absolute atomic E-state index is 11.7. The average molecular weight is 304 g/mol. The number of aryl methyl sites for hydroxylation is 2. The van der Waals surface area contributed by atoms with Crippen LogP contribution >= 0.6 is 11.3 Å². The molecule has 1 N–H and O–H groups in total. The van der Waals surface area contributed by atoms with E-state index in [9.17, 15) is 9.59 Å². The van der Waals surface area contributed by atoms with E-state index in [1.807, 2.05) is 32.0 Å². The molecular formula is C15H16N2O3S. The second-order valence-corrected chi connectivity index (χ2v) is 5.64. The molecule has 0 radical (unpaired) electrons. The highest BCUT2D eigenvalue weighted by atomic mass is 32.1. The first-order valence-electron chi connectivity index (χ1n) is 6.37. The van der Waals surface area contributed by atoms with Gasteiger partial charge in [0.15, 0.2) is 16.6 Å². The van der Waals surface area contributed by atoms with Crippen LogP contribution in [0.25, 0.3) is 0 Å². The van der Waals surface area contributed by atoms with Gasteiger partial charge in [0.05, 0.1) is 7.11 Å². The molecule has 0 saturated heterocycles. The van der Waals surface area contributed by atoms with E-state index in [0.29, 0.717) is 10.0 Å². The molecule has 0 spiro atoms. The largest absolute Gasteiger partial charge is 0.464 e. The van der Waals surface area contributed by atoms with Crippen LogP contribution in [0.1, 0.15) is 38.2 Å². The summed E-state index contributed by atoms with van der Waals surface area (Å²) in [6.07, 6.45) is 0. The standard InChI is InChI=1S/C15H16N2O3S/c1-8-6-5-7-9(2)11(8)16-15-17-12(14(19)20-4)13(21-15)10(3)18/h5-7H,1-4H3,(H,16,17). The van der Waals surface area contributed by atoms with Crippen LogP contribution in [0.3, 0.4) is 0 Å². The number of nitrogens with one attached hydrogen (secondary N) is 1. The summed E-state index contributed by atoms with van der Waals surface area (Å²) in [5, 5.41) is 3.68. The zero-order valence-electron chi connectivity index (χ0n) is 12.3. The molecule has 0 bridgehead atoms. The van der Waals surface area contributed by atoms with Crippen LogP contribution in [0.5, 0.6) is 0 Å². The van der Waals surface area contributed by atoms with Gasteiger partial charge in [0, 0.05) is 12.6 Å². The van der Waals surface area contributed by atoms with E-state index < -0.39 is 5.97 Å². The number of methoxy groups -OCH3 is 1. The first-order valence-corrected chi connectivity index (χ1v) is 7.19. The number of hydrogen-bond acceptors (Lipinski definition) is 6. The van der Waals surface area contributed by atoms with Gasteiger partial charge in [0.2, 0.25) is 0 Å². The molecule has 2 aromatic rings. The number of esters is 1. The number of anilines is 2. The average Bonchev–Trinajstić information content (AvgIpc) is 2.86. The van der Waals surface area contributed by atoms with Crippen LogP contribution in [0.2, 0.25) is 0 Å². The number of nitrogens with zero attached hydrogens (tertiary/aromatic N) is 1. The van der Waals surface area contributed by atoms with Crippen molar-refractivity contribution in [1.29, 1.82) is 0 Å². The third kappa shape index (κ3) is 3.11. The van der Waals surface area contributed by atoms with E-state index in [1.165, 1.54) is 14.0 Å². The number of thiazole rings is 1. The van der Waals surface area contributed by atoms with Crippen molar-refractivity contribution >= 4 is 33.9 Å². The fourth-order valence-electron chi connectivity index (χ4n) is 1.97. The van der Waals surface area contributed by atoms with Crippen molar-refractivity contribution in [3.63, 3.8) is 0 Å². The Kier molecular flexibility index (Phi) is 4.37. The number of ether oxygens (including phenoxy) is 1. The van der Waals surface area contributed by atoms with Gasteiger partial charge in [-0.25, -0.2) is 9.78 Å². The molecule has 0 amide bonds. The van der Waals surface area contributed by atoms with E-state index in [0.717, 1.165) is 28.2 Å². The van der Waals surface area contributed by atoms with Gasteiger partial charge in [-0.1, -0.05) is 29.5 Å². The molecule has 1 aromatic carbocycles. The zero-order valence-corrected chi connectivity index (χ0v) is 13.1. The molecule has 0 aliphatic heterocycles. The molecule has 1 heterocycles. The normalized spacial score (nSPS) is 10.3. The number of aromatic nitrogens is 1. The predicted molar refractivity (Wildman–Crippen MR) is 82.7 cm³/mol. The van der Waals surface area contributed by atoms with Crippen LogP contribution in [-0.4, -0.2) is 23.8 Å². The van der Waals surface area contributed by atoms with Crippen LogP contribution in [0.4, 0.5) is 10.8 Å². The van der Waals surface area contributed by atoms with E-state index >= 15 is 0 Å². The summed E-state index contributed by atoms with van der Waals surface area (Å²) < 4.78 is 4.66. The van der Waals surface area contributed by atoms with Gasteiger partial charge in [-0.3, -0.25) is 4.79 Å². The zero-order chi connectivity index (χ0) is 15.6. The Hall–Kier alpha value is -2.21. The quantitative estimate of drug-likeness (QED) is 0.691. The highest BCUT2D eigenvalue weighted by Gasteiger charge is 2.22. The molecule has 2 rings (SSSR count). The molecule has 110 valence electrons. The van der Waals surface area contributed by atoms with Crippen LogP contribution < -0.4 is 5.32 Å². The molecule has 0 aliphatic carbocycles. The lowest BCUT2D eigenvalue weighted by Crippen LogP contribution is -2.07. The minimum absolute atomic E-state index is 0.0590. The summed E-state index contributed by atoms with van der Waals surface area (Å²) >= 11 is 1.15. The van der Waals surface area contributed by atoms with Crippen molar-refractivity contribution in [2.24, 2.45) is 0 Å². The molecule has 0 unspecified atom stereocenters. The fraction of sp³-hybridized carbons (Fsp3) is 0.267. The monoisotopic (exact) mass is 304 g/mol. The maximum Gasteiger partial charge on any atom is 0.358 e. The van der Waals surface area contributed by atoms with Gasteiger partial charge in [-0.15, -0.1) is 0 Å². The highest BCUT2D eigenvalue weighted by Crippen LogP contribution is 2.30. The number of Topliss-reactive ketones (excluding diaryl/α,β-unsaturated/α-hetero) is 1. The number of hydrogen-bond donors (Lipinski definition) is 1. The Morgan fingerprint density at radius 3 is 2.38 bits per heavy atom. The molecule has 1 aromatic heterocycles. The molecular weight excluding hydrogens is 288 g/mol. The second-order valence-electron chi connectivity index (χ2n) is 4.64. The first-order chi connectivity index (χ1) is 9.93. The third-order valence-corrected chi connectivity index (χ3v) is 4.11. The third-order valence-electron chi connectivity index (χ3n) is 3.04. The van der Waals surface area contributed by atoms with Gasteiger partial charge < -0.3 is 10.1 Å². The first kappa shape index (κ1) is 15.2. The number of benzene rings is 1. The summed E-state index contributed by atoms with van der Waals surface area (Å²) in [7, 11) is 1.27. The number of rotatable bonds is 4. The lowest BCUT2D eigenvalue weighted by Gasteiger charge is -2.09. The fourth-order valence-corrected chi connectivity index (χ4v) is 2.82. The van der Waals surface area contributed by atoms with Gasteiger partial charge in [0.1, 0.15) is 4.88 Å². The highest BCUT2D eigenvalue weighted by molar-refractivity contribution is 7.17. The Bertz CT molecular complexity index is 687. The van der Waals surface area contributed by atoms with Crippen LogP contribution in [0, 0.1) is 13.8 Å². The minimum atomic E-state index is -0.606. The van der Waals surface area contributed by atoms with Crippen molar-refractivity contribution in [1.82, 2.24) is 4.98 Å². The number of carbonyl (C=O) groups is 2. The summed E-state index contributed by atoms with van der Waals surface area (Å²) in [4.78, 5) is 27.8. The molecule has 21 heavy (non-hydrogen) atoms. The molecule has 0 atom stereocenters. The molecule has 0 saturated carbocycles. The second kappa shape index (κ2) is 6.05. The van der Waals surface area contributed by atoms with Crippen molar-refractivity contribution in [2.45, 2.75) is 20.8 Å². The summed E-state index contributed by atoms with van der Waals surface area (Å²) in [5.41, 5.74) is 3.12. The molecule has 5 nitrogen and oxygen atoms in total. The predicted octanol–water partition coefficient (Wildman–Crippen LogP) is 3.49. The minimum Gasteiger partial charge on any atom is -0.464 e. The van der Waals surface area contributed by atoms with Gasteiger partial charge in [-0.2, -0.15) is 0 Å². The Morgan fingerprint density at radius 2 is 1.86 bits per heavy atom. The summed E-state index contributed by atoms with van der Waals surface area (Å²) in [5.74, 6) is -0.812. The van der Waals surface area contributed by atoms with Crippen LogP contribution in [0.15, 0.2) is 18.2 Å². The summed E-state index contributed by atoms with van der Waals surface area (Å²) in [6, 6.07) is 5.94. The molecule has 0 aliphatic rings. The lowest BCUT2D eigenvalue weighted by atomic mass is 10.1. The maximum atomic E-state index is 11.7. The van der Waals surface area contributed by atoms with Crippen LogP contribution in [-0.2, 0) is 4.74 Å². The van der Waals surface area contributed by atoms with E-state index in [1.54, 1.807) is 0 Å². The Balaban J connectivity index is 2.42. The van der Waals surface area contributed by atoms with Crippen molar-refractivity contribution in [2.75, 3.05) is 12.4 Å². The Labute approximate surface area is 127 Å². The van der Waals surface area contributed by atoms with Crippen molar-refractivity contribution in [3.8, 4) is 0 Å². The molecule has 0 fully saturated rings. The molecule has 6 heteroatoms. The van der Waals surface area contributed by atoms with E-state index in [4.69, 9.17) is 0 Å². The van der Waals surface area contributed by atoms with E-state index in [2.05, 4.69) is 15.0 Å². The van der Waals surface area contributed by atoms with Gasteiger partial charge in [-0.05, 0) is 25.0 Å². The Morgan fingerprint density at radius 1 is 1.24 bits per heavy atom.